The first-order valence-corrected chi connectivity index (χ1v) is 9.14. The van der Waals surface area contributed by atoms with E-state index in [0.717, 1.165) is 17.1 Å². The molecule has 1 fully saturated rings. The fraction of sp³-hybridized carbons (Fsp3) is 0.222. The van der Waals surface area contributed by atoms with Crippen LogP contribution in [0.25, 0.3) is 0 Å². The highest BCUT2D eigenvalue weighted by atomic mass is 32.1. The third kappa shape index (κ3) is 3.97. The zero-order valence-electron chi connectivity index (χ0n) is 14.1. The number of hydrogen-bond acceptors (Lipinski definition) is 7. The molecule has 4 rings (SSSR count). The van der Waals surface area contributed by atoms with Gasteiger partial charge in [-0.3, -0.25) is 10.3 Å². The van der Waals surface area contributed by atoms with E-state index in [9.17, 15) is 4.79 Å². The highest BCUT2D eigenvalue weighted by molar-refractivity contribution is 7.13. The minimum Gasteiger partial charge on any atom is -0.389 e. The van der Waals surface area contributed by atoms with E-state index in [1.54, 1.807) is 12.4 Å². The second kappa shape index (κ2) is 7.09. The Hall–Kier alpha value is -3.00. The molecule has 1 saturated carbocycles. The van der Waals surface area contributed by atoms with Crippen molar-refractivity contribution < 1.29 is 9.53 Å². The molecule has 0 radical (unpaired) electrons. The highest BCUT2D eigenvalue weighted by Gasteiger charge is 2.26. The molecule has 7 nitrogen and oxygen atoms in total. The van der Waals surface area contributed by atoms with Crippen molar-refractivity contribution in [1.29, 1.82) is 0 Å². The normalized spacial score (nSPS) is 13.3. The third-order valence-electron chi connectivity index (χ3n) is 3.86. The maximum Gasteiger partial charge on any atom is 0.420 e. The van der Waals surface area contributed by atoms with Crippen LogP contribution in [0.4, 0.5) is 21.3 Å². The topological polar surface area (TPSA) is 89.0 Å². The van der Waals surface area contributed by atoms with E-state index in [0.29, 0.717) is 16.7 Å². The van der Waals surface area contributed by atoms with Crippen molar-refractivity contribution in [3.63, 3.8) is 0 Å². The lowest BCUT2D eigenvalue weighted by atomic mass is 10.3. The zero-order valence-corrected chi connectivity index (χ0v) is 14.9. The zero-order chi connectivity index (χ0) is 17.9. The van der Waals surface area contributed by atoms with Crippen LogP contribution in [-0.4, -0.2) is 21.0 Å². The van der Waals surface area contributed by atoms with Crippen LogP contribution in [0, 0.1) is 6.92 Å². The Bertz CT molecular complexity index is 924. The summed E-state index contributed by atoms with van der Waals surface area (Å²) in [6.45, 7) is 1.83. The molecule has 0 unspecified atom stereocenters. The molecule has 1 aliphatic carbocycles. The number of anilines is 3. The van der Waals surface area contributed by atoms with Crippen LogP contribution in [0.15, 0.2) is 42.0 Å². The fourth-order valence-corrected chi connectivity index (χ4v) is 3.19. The van der Waals surface area contributed by atoms with E-state index in [-0.39, 0.29) is 5.88 Å². The number of carbonyl (C=O) groups excluding carboxylic acids is 1. The largest absolute Gasteiger partial charge is 0.420 e. The van der Waals surface area contributed by atoms with Gasteiger partial charge in [-0.15, -0.1) is 11.3 Å². The van der Waals surface area contributed by atoms with Crippen LogP contribution in [0.2, 0.25) is 0 Å². The molecule has 0 atom stereocenters. The Morgan fingerprint density at radius 2 is 2.15 bits per heavy atom. The molecule has 2 N–H and O–H groups in total. The van der Waals surface area contributed by atoms with Crippen molar-refractivity contribution in [3.05, 3.63) is 53.4 Å². The average Bonchev–Trinajstić information content (AvgIpc) is 3.38. The summed E-state index contributed by atoms with van der Waals surface area (Å²) < 4.78 is 5.41. The van der Waals surface area contributed by atoms with Crippen molar-refractivity contribution in [2.45, 2.75) is 25.7 Å². The number of aryl methyl sites for hydroxylation is 1. The van der Waals surface area contributed by atoms with Crippen LogP contribution >= 0.6 is 11.3 Å². The van der Waals surface area contributed by atoms with Gasteiger partial charge in [0, 0.05) is 23.2 Å². The van der Waals surface area contributed by atoms with Gasteiger partial charge in [0.05, 0.1) is 17.6 Å². The maximum atomic E-state index is 12.2. The van der Waals surface area contributed by atoms with Crippen molar-refractivity contribution in [2.24, 2.45) is 0 Å². The van der Waals surface area contributed by atoms with E-state index >= 15 is 0 Å². The summed E-state index contributed by atoms with van der Waals surface area (Å²) in [5.74, 6) is 0.747. The predicted molar refractivity (Wildman–Crippen MR) is 100 cm³/mol. The molecule has 8 heteroatoms. The number of aromatic nitrogens is 3. The summed E-state index contributed by atoms with van der Waals surface area (Å²) in [6, 6.07) is 7.33. The highest BCUT2D eigenvalue weighted by Crippen LogP contribution is 2.40. The quantitative estimate of drug-likeness (QED) is 0.691. The number of hydrogen-bond donors (Lipinski definition) is 2. The van der Waals surface area contributed by atoms with E-state index in [1.165, 1.54) is 24.2 Å². The van der Waals surface area contributed by atoms with Gasteiger partial charge in [0.2, 0.25) is 5.88 Å². The first-order valence-electron chi connectivity index (χ1n) is 8.26. The molecule has 3 aromatic heterocycles. The summed E-state index contributed by atoms with van der Waals surface area (Å²) in [6.07, 6.45) is 5.09. The van der Waals surface area contributed by atoms with Gasteiger partial charge in [0.15, 0.2) is 5.13 Å². The van der Waals surface area contributed by atoms with E-state index in [4.69, 9.17) is 4.74 Å². The standard InChI is InChI=1S/C18H17N5O2S/c1-11-4-7-14(21-13-3-2-8-19-9-13)16(20-11)25-18(24)23-17-22-15(10-26-17)12-5-6-12/h2-4,7-10,12,21H,5-6H2,1H3,(H,22,23,24). The number of rotatable bonds is 5. The summed E-state index contributed by atoms with van der Waals surface area (Å²) >= 11 is 1.40. The predicted octanol–water partition coefficient (Wildman–Crippen LogP) is 4.47. The molecule has 3 heterocycles. The molecule has 0 saturated heterocycles. The lowest BCUT2D eigenvalue weighted by Gasteiger charge is -2.11. The van der Waals surface area contributed by atoms with E-state index in [1.807, 2.05) is 36.6 Å². The summed E-state index contributed by atoms with van der Waals surface area (Å²) in [4.78, 5) is 25.0. The van der Waals surface area contributed by atoms with Crippen molar-refractivity contribution >= 4 is 33.9 Å². The molecular formula is C18H17N5O2S. The van der Waals surface area contributed by atoms with E-state index < -0.39 is 6.09 Å². The molecule has 0 spiro atoms. The second-order valence-corrected chi connectivity index (χ2v) is 6.90. The Morgan fingerprint density at radius 3 is 2.92 bits per heavy atom. The number of ether oxygens (including phenoxy) is 1. The molecule has 132 valence electrons. The van der Waals surface area contributed by atoms with Gasteiger partial charge < -0.3 is 10.1 Å². The van der Waals surface area contributed by atoms with Gasteiger partial charge in [-0.25, -0.2) is 14.8 Å². The smallest absolute Gasteiger partial charge is 0.389 e. The Balaban J connectivity index is 1.47. The van der Waals surface area contributed by atoms with Gasteiger partial charge in [-0.2, -0.15) is 0 Å². The van der Waals surface area contributed by atoms with Crippen LogP contribution < -0.4 is 15.4 Å². The molecule has 0 bridgehead atoms. The Morgan fingerprint density at radius 1 is 1.27 bits per heavy atom. The first-order chi connectivity index (χ1) is 12.7. The Kier molecular flexibility index (Phi) is 4.49. The summed E-state index contributed by atoms with van der Waals surface area (Å²) in [7, 11) is 0. The van der Waals surface area contributed by atoms with Gasteiger partial charge >= 0.3 is 6.09 Å². The fourth-order valence-electron chi connectivity index (χ4n) is 2.41. The van der Waals surface area contributed by atoms with Gasteiger partial charge in [-0.05, 0) is 44.0 Å². The van der Waals surface area contributed by atoms with Crippen molar-refractivity contribution in [1.82, 2.24) is 15.0 Å². The SMILES string of the molecule is Cc1ccc(Nc2cccnc2)c(OC(=O)Nc2nc(C3CC3)cs2)n1. The molecule has 1 aliphatic rings. The minimum atomic E-state index is -0.617. The molecule has 0 aliphatic heterocycles. The lowest BCUT2D eigenvalue weighted by molar-refractivity contribution is 0.213. The number of nitrogens with one attached hydrogen (secondary N) is 2. The summed E-state index contributed by atoms with van der Waals surface area (Å²) in [5, 5.41) is 8.34. The number of amides is 1. The van der Waals surface area contributed by atoms with Gasteiger partial charge in [0.1, 0.15) is 5.69 Å². The lowest BCUT2D eigenvalue weighted by Crippen LogP contribution is -2.18. The number of nitrogens with zero attached hydrogens (tertiary/aromatic N) is 3. The number of thiazole rings is 1. The van der Waals surface area contributed by atoms with Crippen LogP contribution in [-0.2, 0) is 0 Å². The van der Waals surface area contributed by atoms with Crippen LogP contribution in [0.1, 0.15) is 30.1 Å². The molecule has 0 aromatic carbocycles. The molecule has 26 heavy (non-hydrogen) atoms. The first kappa shape index (κ1) is 16.5. The molecular weight excluding hydrogens is 350 g/mol. The monoisotopic (exact) mass is 367 g/mol. The molecule has 3 aromatic rings. The van der Waals surface area contributed by atoms with Crippen molar-refractivity contribution in [3.8, 4) is 5.88 Å². The van der Waals surface area contributed by atoms with Crippen LogP contribution in [0.3, 0.4) is 0 Å². The average molecular weight is 367 g/mol. The van der Waals surface area contributed by atoms with Crippen LogP contribution in [0.5, 0.6) is 5.88 Å². The summed E-state index contributed by atoms with van der Waals surface area (Å²) in [5.41, 5.74) is 3.14. The van der Waals surface area contributed by atoms with Gasteiger partial charge in [-0.1, -0.05) is 0 Å². The number of carbonyl (C=O) groups is 1. The minimum absolute atomic E-state index is 0.199. The number of pyridine rings is 2. The molecule has 1 amide bonds. The second-order valence-electron chi connectivity index (χ2n) is 6.04. The Labute approximate surface area is 154 Å². The third-order valence-corrected chi connectivity index (χ3v) is 4.63. The van der Waals surface area contributed by atoms with Gasteiger partial charge in [0.25, 0.3) is 0 Å². The van der Waals surface area contributed by atoms with Crippen molar-refractivity contribution in [2.75, 3.05) is 10.6 Å². The maximum absolute atomic E-state index is 12.2. The van der Waals surface area contributed by atoms with E-state index in [2.05, 4.69) is 25.6 Å².